The van der Waals surface area contributed by atoms with E-state index in [1.807, 2.05) is 13.0 Å². The van der Waals surface area contributed by atoms with E-state index in [1.165, 1.54) is 0 Å². The van der Waals surface area contributed by atoms with Crippen molar-refractivity contribution in [2.45, 2.75) is 26.2 Å². The summed E-state index contributed by atoms with van der Waals surface area (Å²) in [4.78, 5) is 11.4. The van der Waals surface area contributed by atoms with Gasteiger partial charge in [-0.05, 0) is 25.3 Å². The highest BCUT2D eigenvalue weighted by Crippen LogP contribution is 2.22. The first-order chi connectivity index (χ1) is 5.29. The number of rotatable bonds is 2. The van der Waals surface area contributed by atoms with Crippen LogP contribution >= 0.6 is 0 Å². The summed E-state index contributed by atoms with van der Waals surface area (Å²) in [6.45, 7) is 2.04. The maximum atomic E-state index is 11.4. The van der Waals surface area contributed by atoms with Gasteiger partial charge in [-0.15, -0.1) is 0 Å². The average Bonchev–Trinajstić information content (AvgIpc) is 2.05. The van der Waals surface area contributed by atoms with Gasteiger partial charge in [0.05, 0.1) is 7.11 Å². The van der Waals surface area contributed by atoms with Crippen molar-refractivity contribution in [3.05, 3.63) is 11.8 Å². The number of Topliss-reactive ketones (excluding diaryl/α,β-unsaturated/α-hetero) is 1. The molecular weight excluding hydrogens is 140 g/mol. The largest absolute Gasteiger partial charge is 0.493 e. The smallest absolute Gasteiger partial charge is 0.200 e. The van der Waals surface area contributed by atoms with Crippen LogP contribution in [-0.2, 0) is 9.53 Å². The Hall–Kier alpha value is -0.790. The molecule has 0 aliphatic heterocycles. The zero-order chi connectivity index (χ0) is 8.27. The lowest BCUT2D eigenvalue weighted by Gasteiger charge is -2.18. The molecule has 0 saturated heterocycles. The minimum atomic E-state index is 0.182. The first-order valence-corrected chi connectivity index (χ1v) is 4.08. The normalized spacial score (nSPS) is 24.7. The summed E-state index contributed by atoms with van der Waals surface area (Å²) < 4.78 is 4.95. The molecule has 0 radical (unpaired) electrons. The van der Waals surface area contributed by atoms with Crippen molar-refractivity contribution in [3.8, 4) is 0 Å². The molecule has 11 heavy (non-hydrogen) atoms. The van der Waals surface area contributed by atoms with Gasteiger partial charge in [0.15, 0.2) is 11.5 Å². The molecule has 1 aliphatic carbocycles. The molecule has 0 aromatic carbocycles. The minimum absolute atomic E-state index is 0.182. The van der Waals surface area contributed by atoms with Crippen LogP contribution in [0.4, 0.5) is 0 Å². The number of allylic oxidation sites excluding steroid dienone is 2. The van der Waals surface area contributed by atoms with Crippen LogP contribution in [0.3, 0.4) is 0 Å². The van der Waals surface area contributed by atoms with Crippen LogP contribution in [0.25, 0.3) is 0 Å². The minimum Gasteiger partial charge on any atom is -0.493 e. The molecule has 0 aromatic heterocycles. The maximum absolute atomic E-state index is 11.4. The van der Waals surface area contributed by atoms with Crippen LogP contribution in [0.1, 0.15) is 26.2 Å². The number of methoxy groups -OCH3 is 1. The van der Waals surface area contributed by atoms with Gasteiger partial charge in [0, 0.05) is 5.92 Å². The molecule has 0 N–H and O–H groups in total. The summed E-state index contributed by atoms with van der Waals surface area (Å²) in [6, 6.07) is 0. The predicted molar refractivity (Wildman–Crippen MR) is 43.1 cm³/mol. The zero-order valence-corrected chi connectivity index (χ0v) is 7.09. The topological polar surface area (TPSA) is 26.3 Å². The second-order valence-corrected chi connectivity index (χ2v) is 2.82. The van der Waals surface area contributed by atoms with Crippen LogP contribution < -0.4 is 0 Å². The highest BCUT2D eigenvalue weighted by atomic mass is 16.5. The van der Waals surface area contributed by atoms with Crippen molar-refractivity contribution in [1.82, 2.24) is 0 Å². The molecule has 0 saturated carbocycles. The third-order valence-corrected chi connectivity index (χ3v) is 2.17. The zero-order valence-electron chi connectivity index (χ0n) is 7.09. The van der Waals surface area contributed by atoms with Crippen LogP contribution in [-0.4, -0.2) is 12.9 Å². The van der Waals surface area contributed by atoms with E-state index in [0.29, 0.717) is 5.76 Å². The van der Waals surface area contributed by atoms with Crippen LogP contribution in [0.15, 0.2) is 11.8 Å². The van der Waals surface area contributed by atoms with Crippen molar-refractivity contribution in [2.75, 3.05) is 7.11 Å². The highest BCUT2D eigenvalue weighted by molar-refractivity contribution is 5.95. The van der Waals surface area contributed by atoms with E-state index in [-0.39, 0.29) is 11.7 Å². The van der Waals surface area contributed by atoms with E-state index in [0.717, 1.165) is 19.3 Å². The summed E-state index contributed by atoms with van der Waals surface area (Å²) in [5.41, 5.74) is 0. The van der Waals surface area contributed by atoms with Gasteiger partial charge in [-0.2, -0.15) is 0 Å². The van der Waals surface area contributed by atoms with E-state index < -0.39 is 0 Å². The Morgan fingerprint density at radius 2 is 2.45 bits per heavy atom. The summed E-state index contributed by atoms with van der Waals surface area (Å²) >= 11 is 0. The van der Waals surface area contributed by atoms with E-state index in [1.54, 1.807) is 7.11 Å². The number of ketones is 1. The molecular formula is C9H14O2. The molecule has 0 bridgehead atoms. The molecule has 0 amide bonds. The van der Waals surface area contributed by atoms with E-state index in [2.05, 4.69) is 0 Å². The molecule has 0 aromatic rings. The molecule has 1 atom stereocenters. The fraction of sp³-hybridized carbons (Fsp3) is 0.667. The van der Waals surface area contributed by atoms with Gasteiger partial charge in [-0.25, -0.2) is 0 Å². The Kier molecular flexibility index (Phi) is 2.69. The summed E-state index contributed by atoms with van der Waals surface area (Å²) in [5, 5.41) is 0. The molecule has 1 unspecified atom stereocenters. The van der Waals surface area contributed by atoms with E-state index >= 15 is 0 Å². The van der Waals surface area contributed by atoms with Gasteiger partial charge < -0.3 is 4.74 Å². The number of carbonyl (C=O) groups excluding carboxylic acids is 1. The maximum Gasteiger partial charge on any atom is 0.200 e. The van der Waals surface area contributed by atoms with Crippen molar-refractivity contribution in [2.24, 2.45) is 5.92 Å². The Bertz CT molecular complexity index is 182. The van der Waals surface area contributed by atoms with Gasteiger partial charge >= 0.3 is 0 Å². The first-order valence-electron chi connectivity index (χ1n) is 4.08. The van der Waals surface area contributed by atoms with Crippen molar-refractivity contribution < 1.29 is 9.53 Å². The van der Waals surface area contributed by atoms with Gasteiger partial charge in [0.2, 0.25) is 0 Å². The van der Waals surface area contributed by atoms with Crippen molar-refractivity contribution >= 4 is 5.78 Å². The first kappa shape index (κ1) is 8.31. The van der Waals surface area contributed by atoms with Crippen LogP contribution in [0, 0.1) is 5.92 Å². The summed E-state index contributed by atoms with van der Waals surface area (Å²) in [5.74, 6) is 0.944. The second kappa shape index (κ2) is 3.56. The third kappa shape index (κ3) is 1.62. The van der Waals surface area contributed by atoms with Gasteiger partial charge in [-0.1, -0.05) is 6.92 Å². The lowest BCUT2D eigenvalue weighted by atomic mass is 9.90. The SMILES string of the molecule is CCC1CCC=C(OC)C1=O. The second-order valence-electron chi connectivity index (χ2n) is 2.82. The predicted octanol–water partition coefficient (Wildman–Crippen LogP) is 1.91. The standard InChI is InChI=1S/C9H14O2/c1-3-7-5-4-6-8(11-2)9(7)10/h6-7H,3-5H2,1-2H3. The lowest BCUT2D eigenvalue weighted by molar-refractivity contribution is -0.123. The lowest BCUT2D eigenvalue weighted by Crippen LogP contribution is -2.20. The van der Waals surface area contributed by atoms with Gasteiger partial charge in [0.25, 0.3) is 0 Å². The molecule has 0 heterocycles. The van der Waals surface area contributed by atoms with Crippen LogP contribution in [0.5, 0.6) is 0 Å². The number of hydrogen-bond acceptors (Lipinski definition) is 2. The Balaban J connectivity index is 2.68. The third-order valence-electron chi connectivity index (χ3n) is 2.17. The number of hydrogen-bond donors (Lipinski definition) is 0. The molecule has 1 rings (SSSR count). The Morgan fingerprint density at radius 1 is 1.73 bits per heavy atom. The Labute approximate surface area is 67.2 Å². The molecule has 62 valence electrons. The monoisotopic (exact) mass is 154 g/mol. The summed E-state index contributed by atoms with van der Waals surface area (Å²) in [7, 11) is 1.56. The molecule has 1 aliphatic rings. The molecule has 0 spiro atoms. The average molecular weight is 154 g/mol. The van der Waals surface area contributed by atoms with Crippen LogP contribution in [0.2, 0.25) is 0 Å². The number of carbonyl (C=O) groups is 1. The fourth-order valence-electron chi connectivity index (χ4n) is 1.42. The highest BCUT2D eigenvalue weighted by Gasteiger charge is 2.23. The molecule has 0 fully saturated rings. The van der Waals surface area contributed by atoms with Gasteiger partial charge in [-0.3, -0.25) is 4.79 Å². The number of ether oxygens (including phenoxy) is 1. The van der Waals surface area contributed by atoms with E-state index in [9.17, 15) is 4.79 Å². The van der Waals surface area contributed by atoms with Crippen molar-refractivity contribution in [3.63, 3.8) is 0 Å². The fourth-order valence-corrected chi connectivity index (χ4v) is 1.42. The molecule has 2 nitrogen and oxygen atoms in total. The van der Waals surface area contributed by atoms with Crippen molar-refractivity contribution in [1.29, 1.82) is 0 Å². The summed E-state index contributed by atoms with van der Waals surface area (Å²) in [6.07, 6.45) is 4.78. The van der Waals surface area contributed by atoms with Gasteiger partial charge in [0.1, 0.15) is 0 Å². The molecule has 2 heteroatoms. The Morgan fingerprint density at radius 3 is 3.00 bits per heavy atom. The quantitative estimate of drug-likeness (QED) is 0.607. The van der Waals surface area contributed by atoms with E-state index in [4.69, 9.17) is 4.74 Å².